The van der Waals surface area contributed by atoms with Gasteiger partial charge in [0, 0.05) is 19.1 Å². The Morgan fingerprint density at radius 3 is 2.50 bits per heavy atom. The Morgan fingerprint density at radius 2 is 1.78 bits per heavy atom. The molecule has 0 spiro atoms. The van der Waals surface area contributed by atoms with Crippen LogP contribution < -0.4 is 5.56 Å². The van der Waals surface area contributed by atoms with E-state index in [1.807, 2.05) is 84.7 Å². The highest BCUT2D eigenvalue weighted by Crippen LogP contribution is 2.23. The number of carbonyl (C=O) groups excluding carboxylic acids is 1. The van der Waals surface area contributed by atoms with Crippen molar-refractivity contribution < 1.29 is 4.79 Å². The number of aromatic nitrogens is 4. The molecule has 0 aliphatic carbocycles. The van der Waals surface area contributed by atoms with E-state index in [-0.39, 0.29) is 23.3 Å². The number of hydrogen-bond donors (Lipinski definition) is 0. The van der Waals surface area contributed by atoms with Crippen LogP contribution in [0.1, 0.15) is 32.8 Å². The van der Waals surface area contributed by atoms with Gasteiger partial charge in [-0.1, -0.05) is 61.2 Å². The molecule has 7 nitrogen and oxygen atoms in total. The minimum atomic E-state index is -0.0659. The summed E-state index contributed by atoms with van der Waals surface area (Å²) in [5.41, 5.74) is 1.79. The summed E-state index contributed by atoms with van der Waals surface area (Å²) in [7, 11) is 0. The van der Waals surface area contributed by atoms with Gasteiger partial charge in [0.05, 0.1) is 16.7 Å². The van der Waals surface area contributed by atoms with E-state index in [9.17, 15) is 9.59 Å². The lowest BCUT2D eigenvalue weighted by atomic mass is 10.2. The molecule has 0 unspecified atom stereocenters. The van der Waals surface area contributed by atoms with Crippen LogP contribution >= 0.6 is 11.8 Å². The lowest BCUT2D eigenvalue weighted by Gasteiger charge is -2.26. The average Bonchev–Trinajstić information content (AvgIpc) is 3.23. The van der Waals surface area contributed by atoms with Gasteiger partial charge >= 0.3 is 0 Å². The maximum absolute atomic E-state index is 13.1. The van der Waals surface area contributed by atoms with Crippen molar-refractivity contribution in [1.29, 1.82) is 0 Å². The van der Waals surface area contributed by atoms with Crippen LogP contribution in [-0.2, 0) is 17.9 Å². The van der Waals surface area contributed by atoms with Crippen molar-refractivity contribution in [3.8, 4) is 0 Å². The molecule has 4 rings (SSSR count). The number of rotatable bonds is 8. The first-order valence-electron chi connectivity index (χ1n) is 10.8. The minimum absolute atomic E-state index is 0.0387. The molecule has 0 aliphatic heterocycles. The Hall–Kier alpha value is -3.13. The van der Waals surface area contributed by atoms with Crippen LogP contribution in [0, 0.1) is 0 Å². The Labute approximate surface area is 191 Å². The Morgan fingerprint density at radius 1 is 1.06 bits per heavy atom. The third kappa shape index (κ3) is 4.27. The van der Waals surface area contributed by atoms with Gasteiger partial charge in [0.2, 0.25) is 11.7 Å². The molecule has 2 aromatic heterocycles. The van der Waals surface area contributed by atoms with Gasteiger partial charge in [-0.05, 0) is 38.0 Å². The van der Waals surface area contributed by atoms with Crippen molar-refractivity contribution >= 4 is 34.3 Å². The standard InChI is InChI=1S/C24H27N5O2S/c1-4-14-27-22(31)19-12-8-9-13-20(19)29-23(27)25-26-24(29)32-16-21(30)28(17(2)3)15-18-10-6-5-7-11-18/h5-13,17H,4,14-16H2,1-3H3. The zero-order valence-corrected chi connectivity index (χ0v) is 19.4. The smallest absolute Gasteiger partial charge is 0.262 e. The third-order valence-corrected chi connectivity index (χ3v) is 6.30. The van der Waals surface area contributed by atoms with E-state index < -0.39 is 0 Å². The van der Waals surface area contributed by atoms with Crippen LogP contribution in [-0.4, -0.2) is 41.8 Å². The highest BCUT2D eigenvalue weighted by atomic mass is 32.2. The number of fused-ring (bicyclic) bond motifs is 3. The van der Waals surface area contributed by atoms with Gasteiger partial charge in [-0.15, -0.1) is 10.2 Å². The largest absolute Gasteiger partial charge is 0.335 e. The Balaban J connectivity index is 1.64. The van der Waals surface area contributed by atoms with Gasteiger partial charge in [0.25, 0.3) is 5.56 Å². The lowest BCUT2D eigenvalue weighted by Crippen LogP contribution is -2.37. The van der Waals surface area contributed by atoms with E-state index >= 15 is 0 Å². The molecular formula is C24H27N5O2S. The normalized spacial score (nSPS) is 11.5. The molecule has 1 amide bonds. The Kier molecular flexibility index (Phi) is 6.60. The summed E-state index contributed by atoms with van der Waals surface area (Å²) in [6, 6.07) is 17.5. The van der Waals surface area contributed by atoms with Crippen LogP contribution in [0.25, 0.3) is 16.7 Å². The fourth-order valence-electron chi connectivity index (χ4n) is 3.80. The molecule has 2 heterocycles. The van der Waals surface area contributed by atoms with Crippen LogP contribution in [0.3, 0.4) is 0 Å². The second-order valence-corrected chi connectivity index (χ2v) is 8.92. The quantitative estimate of drug-likeness (QED) is 0.381. The van der Waals surface area contributed by atoms with Crippen LogP contribution in [0.15, 0.2) is 64.5 Å². The molecule has 8 heteroatoms. The monoisotopic (exact) mass is 449 g/mol. The van der Waals surface area contributed by atoms with Crippen molar-refractivity contribution in [2.45, 2.75) is 51.5 Å². The van der Waals surface area contributed by atoms with E-state index in [1.54, 1.807) is 4.57 Å². The molecule has 0 atom stereocenters. The van der Waals surface area contributed by atoms with Crippen molar-refractivity contribution in [2.24, 2.45) is 0 Å². The zero-order chi connectivity index (χ0) is 22.7. The predicted molar refractivity (Wildman–Crippen MR) is 128 cm³/mol. The first kappa shape index (κ1) is 22.1. The average molecular weight is 450 g/mol. The summed E-state index contributed by atoms with van der Waals surface area (Å²) < 4.78 is 3.55. The molecule has 0 fully saturated rings. The number of amides is 1. The number of nitrogens with zero attached hydrogens (tertiary/aromatic N) is 5. The van der Waals surface area contributed by atoms with Crippen LogP contribution in [0.2, 0.25) is 0 Å². The van der Waals surface area contributed by atoms with Gasteiger partial charge in [-0.2, -0.15) is 0 Å². The molecule has 4 aromatic rings. The number of thioether (sulfide) groups is 1. The SMILES string of the molecule is CCCn1c(=O)c2ccccc2n2c(SCC(=O)N(Cc3ccccc3)C(C)C)nnc12. The molecule has 0 radical (unpaired) electrons. The Bertz CT molecular complexity index is 1300. The predicted octanol–water partition coefficient (Wildman–Crippen LogP) is 3.98. The van der Waals surface area contributed by atoms with E-state index in [0.29, 0.717) is 29.4 Å². The molecule has 0 saturated carbocycles. The van der Waals surface area contributed by atoms with E-state index in [0.717, 1.165) is 17.5 Å². The summed E-state index contributed by atoms with van der Waals surface area (Å²) in [5.74, 6) is 0.792. The second-order valence-electron chi connectivity index (χ2n) is 7.98. The van der Waals surface area contributed by atoms with Crippen molar-refractivity contribution in [3.63, 3.8) is 0 Å². The lowest BCUT2D eigenvalue weighted by molar-refractivity contribution is -0.130. The molecular weight excluding hydrogens is 422 g/mol. The number of hydrogen-bond acceptors (Lipinski definition) is 5. The minimum Gasteiger partial charge on any atom is -0.335 e. The first-order chi connectivity index (χ1) is 15.5. The van der Waals surface area contributed by atoms with Gasteiger partial charge in [0.1, 0.15) is 0 Å². The number of aryl methyl sites for hydroxylation is 1. The molecule has 0 saturated heterocycles. The van der Waals surface area contributed by atoms with E-state index in [4.69, 9.17) is 0 Å². The van der Waals surface area contributed by atoms with Crippen molar-refractivity contribution in [1.82, 2.24) is 24.1 Å². The summed E-state index contributed by atoms with van der Waals surface area (Å²) in [5, 5.41) is 9.87. The fourth-order valence-corrected chi connectivity index (χ4v) is 4.63. The van der Waals surface area contributed by atoms with Crippen LogP contribution in [0.5, 0.6) is 0 Å². The second kappa shape index (κ2) is 9.56. The van der Waals surface area contributed by atoms with E-state index in [2.05, 4.69) is 10.2 Å². The summed E-state index contributed by atoms with van der Waals surface area (Å²) >= 11 is 1.35. The van der Waals surface area contributed by atoms with E-state index in [1.165, 1.54) is 11.8 Å². The highest BCUT2D eigenvalue weighted by molar-refractivity contribution is 7.99. The maximum Gasteiger partial charge on any atom is 0.262 e. The van der Waals surface area contributed by atoms with Gasteiger partial charge < -0.3 is 4.90 Å². The third-order valence-electron chi connectivity index (χ3n) is 5.39. The highest BCUT2D eigenvalue weighted by Gasteiger charge is 2.21. The molecule has 0 N–H and O–H groups in total. The molecule has 166 valence electrons. The zero-order valence-electron chi connectivity index (χ0n) is 18.6. The maximum atomic E-state index is 13.1. The van der Waals surface area contributed by atoms with Gasteiger partial charge in [-0.3, -0.25) is 18.6 Å². The van der Waals surface area contributed by atoms with Crippen LogP contribution in [0.4, 0.5) is 0 Å². The molecule has 0 aliphatic rings. The summed E-state index contributed by atoms with van der Waals surface area (Å²) in [6.45, 7) is 7.20. The summed E-state index contributed by atoms with van der Waals surface area (Å²) in [6.07, 6.45) is 0.810. The number of carbonyl (C=O) groups is 1. The molecule has 0 bridgehead atoms. The molecule has 32 heavy (non-hydrogen) atoms. The van der Waals surface area contributed by atoms with Gasteiger partial charge in [-0.25, -0.2) is 0 Å². The number of para-hydroxylation sites is 1. The first-order valence-corrected chi connectivity index (χ1v) is 11.8. The topological polar surface area (TPSA) is 72.5 Å². The fraction of sp³-hybridized carbons (Fsp3) is 0.333. The van der Waals surface area contributed by atoms with Crippen molar-refractivity contribution in [2.75, 3.05) is 5.75 Å². The number of benzene rings is 2. The summed E-state index contributed by atoms with van der Waals surface area (Å²) in [4.78, 5) is 27.9. The van der Waals surface area contributed by atoms with Gasteiger partial charge in [0.15, 0.2) is 5.16 Å². The van der Waals surface area contributed by atoms with Crippen molar-refractivity contribution in [3.05, 3.63) is 70.5 Å². The molecule has 2 aromatic carbocycles.